The molecule has 19 heteroatoms. The highest BCUT2D eigenvalue weighted by Crippen LogP contribution is 2.53. The van der Waals surface area contributed by atoms with Gasteiger partial charge in [-0.1, -0.05) is 47.8 Å². The summed E-state index contributed by atoms with van der Waals surface area (Å²) in [7, 11) is 1.73. The summed E-state index contributed by atoms with van der Waals surface area (Å²) in [6.45, 7) is 19.0. The molecule has 3 unspecified atom stereocenters. The highest BCUT2D eigenvalue weighted by Gasteiger charge is 2.63. The van der Waals surface area contributed by atoms with E-state index in [2.05, 4.69) is 27.0 Å². The Hall–Kier alpha value is -2.02. The molecule has 0 amide bonds. The highest BCUT2D eigenvalue weighted by molar-refractivity contribution is 5.79. The van der Waals surface area contributed by atoms with Crippen LogP contribution in [0.1, 0.15) is 150 Å². The van der Waals surface area contributed by atoms with Crippen molar-refractivity contribution in [2.75, 3.05) is 13.7 Å². The Labute approximate surface area is 471 Å². The maximum absolute atomic E-state index is 14.6. The topological polar surface area (TPSA) is 235 Å². The quantitative estimate of drug-likeness (QED) is 0.197. The van der Waals surface area contributed by atoms with Gasteiger partial charge in [0.1, 0.15) is 30.2 Å². The molecule has 12 saturated heterocycles. The molecule has 0 aliphatic carbocycles. The van der Waals surface area contributed by atoms with Crippen molar-refractivity contribution in [2.45, 2.75) is 302 Å². The number of Topliss-reactive ketones (excluding diaryl/α,β-unsaturated/α-hetero) is 1. The van der Waals surface area contributed by atoms with Gasteiger partial charge in [-0.15, -0.1) is 0 Å². The molecule has 10 bridgehead atoms. The Morgan fingerprint density at radius 2 is 1.29 bits per heavy atom. The molecule has 0 radical (unpaired) electrons. The van der Waals surface area contributed by atoms with Gasteiger partial charge >= 0.3 is 5.97 Å². The molecule has 2 spiro atoms. The average molecular weight is 1130 g/mol. The van der Waals surface area contributed by atoms with Crippen LogP contribution in [-0.2, 0) is 71.2 Å². The molecule has 12 fully saturated rings. The van der Waals surface area contributed by atoms with E-state index in [0.29, 0.717) is 44.9 Å². The maximum Gasteiger partial charge on any atom is 0.308 e. The number of fused-ring (bicyclic) bond motifs is 11. The molecule has 30 atom stereocenters. The normalized spacial score (nSPS) is 53.5. The summed E-state index contributed by atoms with van der Waals surface area (Å²) in [5.41, 5.74) is 2.08. The van der Waals surface area contributed by atoms with Gasteiger partial charge in [0.2, 0.25) is 0 Å². The predicted molar refractivity (Wildman–Crippen MR) is 284 cm³/mol. The fraction of sp³-hybridized carbons (Fsp3) is 0.902. The molecule has 4 N–H and O–H groups in total. The number of hydrogen-bond acceptors (Lipinski definition) is 19. The summed E-state index contributed by atoms with van der Waals surface area (Å²) < 4.78 is 87.3. The second-order valence-corrected chi connectivity index (χ2v) is 26.9. The van der Waals surface area contributed by atoms with Gasteiger partial charge in [0, 0.05) is 76.7 Å². The van der Waals surface area contributed by atoms with Crippen molar-refractivity contribution in [3.63, 3.8) is 0 Å². The van der Waals surface area contributed by atoms with Crippen LogP contribution in [0.2, 0.25) is 0 Å². The first-order valence-electron chi connectivity index (χ1n) is 30.8. The van der Waals surface area contributed by atoms with E-state index in [-0.39, 0.29) is 129 Å². The van der Waals surface area contributed by atoms with E-state index >= 15 is 0 Å². The number of carbonyl (C=O) groups excluding carboxylic acids is 2. The third-order valence-electron chi connectivity index (χ3n) is 21.2. The summed E-state index contributed by atoms with van der Waals surface area (Å²) in [5.74, 6) is -3.34. The zero-order chi connectivity index (χ0) is 56.1. The molecule has 0 aromatic rings. The zero-order valence-electron chi connectivity index (χ0n) is 47.9. The van der Waals surface area contributed by atoms with Crippen LogP contribution in [0.15, 0.2) is 24.3 Å². The molecule has 12 aliphatic rings. The van der Waals surface area contributed by atoms with Crippen LogP contribution in [0.3, 0.4) is 0 Å². The van der Waals surface area contributed by atoms with E-state index in [1.165, 1.54) is 0 Å². The maximum atomic E-state index is 14.6. The highest BCUT2D eigenvalue weighted by atomic mass is 16.8. The Morgan fingerprint density at radius 1 is 0.588 bits per heavy atom. The molecule has 12 rings (SSSR count). The minimum absolute atomic E-state index is 0.000406. The monoisotopic (exact) mass is 1130 g/mol. The minimum Gasteiger partial charge on any atom is -0.459 e. The van der Waals surface area contributed by atoms with Crippen LogP contribution in [0.25, 0.3) is 0 Å². The predicted octanol–water partition coefficient (Wildman–Crippen LogP) is 5.25. The van der Waals surface area contributed by atoms with Gasteiger partial charge in [-0.05, 0) is 80.3 Å². The molecule has 0 aromatic carbocycles. The number of ether oxygens (including phenoxy) is 13. The molecular formula is C61H92O19. The van der Waals surface area contributed by atoms with Crippen molar-refractivity contribution in [2.24, 2.45) is 29.6 Å². The summed E-state index contributed by atoms with van der Waals surface area (Å²) in [6.07, 6.45) is -2.81. The van der Waals surface area contributed by atoms with Crippen molar-refractivity contribution in [3.05, 3.63) is 24.3 Å². The number of aliphatic hydroxyl groups is 4. The van der Waals surface area contributed by atoms with E-state index in [1.807, 2.05) is 20.8 Å². The van der Waals surface area contributed by atoms with Crippen LogP contribution in [0.5, 0.6) is 0 Å². The number of ketones is 1. The SMILES string of the molecule is C=C1C[C@@H]2CC[C@]34C[C@@H](OC)C(O3)C3O[C@H]5CC[C@H](CC(=O)O[C@@H]6[C@@H](C)[C@@H]7O[C@H](CC(=O)C[C@@H]8O[C@@]9(C[C@H](C)[C@@H]8O)C[C@H](C)[C@@H]8O[C@H](CO)[C@H](O)C[C@@H]8O9)[C@H](O)C[C@@H]7O[C@H]6C[C@H]6O[C@@H](CCC[C@@H]1O2)C[C@@H](C)C6=C)O[C@@H]5[C@H](O4)C3C. The largest absolute Gasteiger partial charge is 0.459 e. The van der Waals surface area contributed by atoms with E-state index in [1.54, 1.807) is 7.11 Å². The lowest BCUT2D eigenvalue weighted by Crippen LogP contribution is -2.63. The third-order valence-corrected chi connectivity index (χ3v) is 21.2. The second kappa shape index (κ2) is 23.3. The van der Waals surface area contributed by atoms with Crippen molar-refractivity contribution in [3.8, 4) is 0 Å². The van der Waals surface area contributed by atoms with Gasteiger partial charge in [0.15, 0.2) is 11.6 Å². The summed E-state index contributed by atoms with van der Waals surface area (Å²) in [4.78, 5) is 28.8. The number of esters is 1. The molecule has 12 aliphatic heterocycles. The molecule has 0 saturated carbocycles. The third kappa shape index (κ3) is 11.4. The fourth-order valence-corrected chi connectivity index (χ4v) is 16.8. The fourth-order valence-electron chi connectivity index (χ4n) is 16.8. The number of carbonyl (C=O) groups is 2. The lowest BCUT2D eigenvalue weighted by Gasteiger charge is -2.55. The van der Waals surface area contributed by atoms with Gasteiger partial charge < -0.3 is 82.0 Å². The number of hydrogen-bond donors (Lipinski definition) is 4. The second-order valence-electron chi connectivity index (χ2n) is 26.9. The van der Waals surface area contributed by atoms with E-state index < -0.39 is 103 Å². The lowest BCUT2D eigenvalue weighted by atomic mass is 9.77. The zero-order valence-corrected chi connectivity index (χ0v) is 47.9. The molecule has 19 nitrogen and oxygen atoms in total. The molecule has 12 heterocycles. The number of methoxy groups -OCH3 is 1. The summed E-state index contributed by atoms with van der Waals surface area (Å²) in [5, 5.41) is 43.8. The average Bonchev–Trinajstić information content (AvgIpc) is 3.96. The Kier molecular flexibility index (Phi) is 17.0. The molecular weight excluding hydrogens is 1040 g/mol. The van der Waals surface area contributed by atoms with Crippen molar-refractivity contribution in [1.29, 1.82) is 0 Å². The number of aliphatic hydroxyl groups excluding tert-OH is 4. The first kappa shape index (κ1) is 58.4. The van der Waals surface area contributed by atoms with Gasteiger partial charge in [-0.2, -0.15) is 0 Å². The smallest absolute Gasteiger partial charge is 0.308 e. The first-order chi connectivity index (χ1) is 38.3. The molecule has 0 aromatic heterocycles. The van der Waals surface area contributed by atoms with Crippen LogP contribution in [0, 0.1) is 29.6 Å². The van der Waals surface area contributed by atoms with E-state index in [0.717, 1.165) is 49.7 Å². The molecule has 80 heavy (non-hydrogen) atoms. The van der Waals surface area contributed by atoms with E-state index in [9.17, 15) is 30.0 Å². The standard InChI is InChI=1S/C61H92O19/c1-28-16-36-10-9-11-41-29(2)17-38(69-41)14-15-60-26-49(68-8)59(80-60)56-34(7)57(79-60)58-42(73-56)13-12-37(71-58)20-51(66)76-55-33(6)54-46(72-47(55)23-43(70-36)32(28)5)21-39(64)44(74-54)18-35(63)19-45-52(67)30(3)24-61(77-45)25-31(4)53-48(78-61)22-40(65)50(27-62)75-53/h28,30-31,33-34,36-50,52-59,62,64-65,67H,2,5,9-27H2,1,3-4,6-8H3/t28-,30+,31+,33+,34?,36+,37-,38+,39-,40-,41+,42+,43-,44-,45+,46+,47+,48+,49-,50-,52+,53+,54+,55-,56?,57-,58+,59?,60-,61-/m1/s1. The van der Waals surface area contributed by atoms with Crippen molar-refractivity contribution < 1.29 is 91.6 Å². The van der Waals surface area contributed by atoms with Crippen LogP contribution >= 0.6 is 0 Å². The van der Waals surface area contributed by atoms with Gasteiger partial charge in [-0.25, -0.2) is 0 Å². The van der Waals surface area contributed by atoms with Crippen LogP contribution in [-0.4, -0.2) is 198 Å². The van der Waals surface area contributed by atoms with Crippen LogP contribution < -0.4 is 0 Å². The Morgan fingerprint density at radius 3 is 2.09 bits per heavy atom. The van der Waals surface area contributed by atoms with Crippen molar-refractivity contribution in [1.82, 2.24) is 0 Å². The van der Waals surface area contributed by atoms with Gasteiger partial charge in [0.25, 0.3) is 0 Å². The van der Waals surface area contributed by atoms with Crippen LogP contribution in [0.4, 0.5) is 0 Å². The summed E-state index contributed by atoms with van der Waals surface area (Å²) in [6, 6.07) is 0. The van der Waals surface area contributed by atoms with Gasteiger partial charge in [-0.3, -0.25) is 9.59 Å². The lowest BCUT2D eigenvalue weighted by molar-refractivity contribution is -0.375. The Balaban J connectivity index is 0.755. The Bertz CT molecular complexity index is 2250. The number of rotatable bonds is 6. The first-order valence-corrected chi connectivity index (χ1v) is 30.8. The molecule has 450 valence electrons. The minimum atomic E-state index is -1.11. The van der Waals surface area contributed by atoms with Crippen molar-refractivity contribution >= 4 is 11.8 Å². The van der Waals surface area contributed by atoms with Gasteiger partial charge in [0.05, 0.1) is 129 Å². The summed E-state index contributed by atoms with van der Waals surface area (Å²) >= 11 is 0. The van der Waals surface area contributed by atoms with E-state index in [4.69, 9.17) is 61.6 Å².